The highest BCUT2D eigenvalue weighted by atomic mass is 32.1. The molecule has 5 heteroatoms. The second-order valence-electron chi connectivity index (χ2n) is 5.50. The summed E-state index contributed by atoms with van der Waals surface area (Å²) in [5.41, 5.74) is 1.38. The largest absolute Gasteiger partial charge is 0.393 e. The molecule has 0 bridgehead atoms. The van der Waals surface area contributed by atoms with Crippen LogP contribution in [0.3, 0.4) is 0 Å². The van der Waals surface area contributed by atoms with E-state index in [1.54, 1.807) is 4.57 Å². The van der Waals surface area contributed by atoms with Crippen molar-refractivity contribution in [2.45, 2.75) is 44.2 Å². The number of aromatic nitrogens is 1. The predicted octanol–water partition coefficient (Wildman–Crippen LogP) is 2.23. The van der Waals surface area contributed by atoms with E-state index in [1.807, 2.05) is 12.3 Å². The van der Waals surface area contributed by atoms with Crippen molar-refractivity contribution in [1.29, 1.82) is 0 Å². The fraction of sp³-hybridized carbons (Fsp3) is 0.571. The second-order valence-corrected chi connectivity index (χ2v) is 5.68. The summed E-state index contributed by atoms with van der Waals surface area (Å²) >= 11 is 4.60. The molecule has 0 unspecified atom stereocenters. The van der Waals surface area contributed by atoms with Crippen molar-refractivity contribution in [2.75, 3.05) is 0 Å². The van der Waals surface area contributed by atoms with E-state index < -0.39 is 0 Å². The minimum atomic E-state index is -0.269. The van der Waals surface area contributed by atoms with Gasteiger partial charge >= 0.3 is 0 Å². The molecule has 2 saturated carbocycles. The van der Waals surface area contributed by atoms with Gasteiger partial charge in [-0.1, -0.05) is 0 Å². The summed E-state index contributed by atoms with van der Waals surface area (Å²) in [7, 11) is 0. The van der Waals surface area contributed by atoms with Crippen molar-refractivity contribution in [3.05, 3.63) is 28.2 Å². The van der Waals surface area contributed by atoms with Gasteiger partial charge in [0.25, 0.3) is 5.56 Å². The van der Waals surface area contributed by atoms with Crippen LogP contribution in [0.5, 0.6) is 0 Å². The molecule has 2 aliphatic rings. The Kier molecular flexibility index (Phi) is 3.35. The van der Waals surface area contributed by atoms with E-state index in [2.05, 4.69) is 22.4 Å². The lowest BCUT2D eigenvalue weighted by atomic mass is 9.82. The zero-order chi connectivity index (χ0) is 13.4. The van der Waals surface area contributed by atoms with E-state index in [-0.39, 0.29) is 17.6 Å². The topological polar surface area (TPSA) is 54.6 Å². The zero-order valence-electron chi connectivity index (χ0n) is 10.6. The van der Waals surface area contributed by atoms with Crippen LogP contribution in [0.2, 0.25) is 0 Å². The van der Waals surface area contributed by atoms with E-state index in [1.165, 1.54) is 12.8 Å². The third-order valence-corrected chi connectivity index (χ3v) is 4.20. The summed E-state index contributed by atoms with van der Waals surface area (Å²) in [6.45, 7) is 0.570. The summed E-state index contributed by atoms with van der Waals surface area (Å²) in [6, 6.07) is 1.83. The molecule has 0 aliphatic heterocycles. The molecule has 0 amide bonds. The van der Waals surface area contributed by atoms with Crippen LogP contribution in [0, 0.1) is 5.92 Å². The highest BCUT2D eigenvalue weighted by Crippen LogP contribution is 2.40. The average Bonchev–Trinajstić information content (AvgIpc) is 3.22. The van der Waals surface area contributed by atoms with Gasteiger partial charge in [-0.05, 0) is 55.4 Å². The van der Waals surface area contributed by atoms with Gasteiger partial charge in [0.15, 0.2) is 0 Å². The van der Waals surface area contributed by atoms with E-state index in [0.29, 0.717) is 18.2 Å². The van der Waals surface area contributed by atoms with Gasteiger partial charge in [-0.2, -0.15) is 4.99 Å². The van der Waals surface area contributed by atoms with E-state index in [0.717, 1.165) is 18.4 Å². The summed E-state index contributed by atoms with van der Waals surface area (Å²) in [6.07, 6.45) is 5.82. The summed E-state index contributed by atoms with van der Waals surface area (Å²) in [5, 5.41) is 11.9. The highest BCUT2D eigenvalue weighted by Gasteiger charge is 2.30. The Morgan fingerprint density at radius 2 is 2.21 bits per heavy atom. The zero-order valence-corrected chi connectivity index (χ0v) is 11.4. The molecular weight excluding hydrogens is 260 g/mol. The predicted molar refractivity (Wildman–Crippen MR) is 76.1 cm³/mol. The van der Waals surface area contributed by atoms with Crippen LogP contribution in [0.4, 0.5) is 5.69 Å². The molecule has 1 heterocycles. The number of aliphatic hydroxyl groups excluding tert-OH is 1. The average molecular weight is 276 g/mol. The maximum atomic E-state index is 12.2. The van der Waals surface area contributed by atoms with Crippen molar-refractivity contribution >= 4 is 23.1 Å². The van der Waals surface area contributed by atoms with Crippen molar-refractivity contribution in [3.63, 3.8) is 0 Å². The molecule has 2 aliphatic carbocycles. The van der Waals surface area contributed by atoms with Crippen molar-refractivity contribution in [2.24, 2.45) is 10.9 Å². The molecule has 1 aromatic rings. The van der Waals surface area contributed by atoms with E-state index in [9.17, 15) is 9.90 Å². The Morgan fingerprint density at radius 1 is 1.42 bits per heavy atom. The van der Waals surface area contributed by atoms with Crippen LogP contribution in [0.25, 0.3) is 0 Å². The van der Waals surface area contributed by atoms with E-state index >= 15 is 0 Å². The summed E-state index contributed by atoms with van der Waals surface area (Å²) in [5.74, 6) is 0.744. The Balaban J connectivity index is 1.96. The minimum absolute atomic E-state index is 0.138. The first kappa shape index (κ1) is 12.7. The first-order valence-corrected chi connectivity index (χ1v) is 7.10. The maximum Gasteiger partial charge on any atom is 0.277 e. The van der Waals surface area contributed by atoms with Gasteiger partial charge in [0.2, 0.25) is 0 Å². The first-order chi connectivity index (χ1) is 9.19. The third kappa shape index (κ3) is 2.54. The molecule has 2 atom stereocenters. The summed E-state index contributed by atoms with van der Waals surface area (Å²) < 4.78 is 1.69. The van der Waals surface area contributed by atoms with Gasteiger partial charge in [0.05, 0.1) is 11.3 Å². The Hall–Kier alpha value is -1.29. The Labute approximate surface area is 116 Å². The Bertz CT molecular complexity index is 600. The fourth-order valence-corrected chi connectivity index (χ4v) is 2.66. The Morgan fingerprint density at radius 3 is 2.74 bits per heavy atom. The van der Waals surface area contributed by atoms with Crippen molar-refractivity contribution in [1.82, 2.24) is 4.57 Å². The molecule has 1 N–H and O–H groups in total. The number of nitrogens with zero attached hydrogens (tertiary/aromatic N) is 2. The number of aliphatic hydroxyl groups is 1. The molecule has 19 heavy (non-hydrogen) atoms. The van der Waals surface area contributed by atoms with Crippen LogP contribution in [-0.2, 0) is 6.54 Å². The van der Waals surface area contributed by atoms with Gasteiger partial charge in [-0.15, -0.1) is 0 Å². The van der Waals surface area contributed by atoms with Crippen LogP contribution in [-0.4, -0.2) is 20.9 Å². The number of pyridine rings is 1. The number of hydrogen-bond donors (Lipinski definition) is 1. The second kappa shape index (κ2) is 5.00. The molecule has 1 aromatic heterocycles. The van der Waals surface area contributed by atoms with Gasteiger partial charge in [-0.3, -0.25) is 4.79 Å². The van der Waals surface area contributed by atoms with Crippen LogP contribution < -0.4 is 5.56 Å². The number of aliphatic imine (C=N–C) groups is 1. The van der Waals surface area contributed by atoms with Gasteiger partial charge in [0.1, 0.15) is 5.69 Å². The first-order valence-electron chi connectivity index (χ1n) is 6.69. The van der Waals surface area contributed by atoms with Crippen molar-refractivity contribution < 1.29 is 5.11 Å². The number of rotatable bonds is 4. The molecule has 100 valence electrons. The molecule has 0 saturated heterocycles. The smallest absolute Gasteiger partial charge is 0.277 e. The highest BCUT2D eigenvalue weighted by molar-refractivity contribution is 7.78. The maximum absolute atomic E-state index is 12.2. The molecule has 4 nitrogen and oxygen atoms in total. The molecular formula is C14H16N2O2S. The molecule has 0 spiro atoms. The normalized spacial score (nSPS) is 25.5. The quantitative estimate of drug-likeness (QED) is 0.678. The fourth-order valence-electron chi connectivity index (χ4n) is 2.56. The summed E-state index contributed by atoms with van der Waals surface area (Å²) in [4.78, 5) is 16.1. The van der Waals surface area contributed by atoms with Crippen molar-refractivity contribution in [3.8, 4) is 0 Å². The van der Waals surface area contributed by atoms with Crippen LogP contribution >= 0.6 is 12.2 Å². The molecule has 3 rings (SSSR count). The number of hydrogen-bond acceptors (Lipinski definition) is 4. The van der Waals surface area contributed by atoms with Crippen LogP contribution in [0.15, 0.2) is 22.1 Å². The lowest BCUT2D eigenvalue weighted by Crippen LogP contribution is -2.37. The molecule has 0 aromatic carbocycles. The van der Waals surface area contributed by atoms with Gasteiger partial charge < -0.3 is 9.67 Å². The minimum Gasteiger partial charge on any atom is -0.393 e. The lowest BCUT2D eigenvalue weighted by Gasteiger charge is -2.32. The molecule has 2 fully saturated rings. The van der Waals surface area contributed by atoms with Crippen LogP contribution in [0.1, 0.15) is 37.2 Å². The SMILES string of the molecule is O=c1c(N=C=S)cc(C2CC2)cn1C[C@@H]1CC[C@@H]1O. The third-order valence-electron chi connectivity index (χ3n) is 4.11. The number of isothiocyanates is 1. The van der Waals surface area contributed by atoms with Gasteiger partial charge in [-0.25, -0.2) is 0 Å². The van der Waals surface area contributed by atoms with Gasteiger partial charge in [0, 0.05) is 18.7 Å². The standard InChI is InChI=1S/C14H16N2O2S/c17-13-4-3-10(13)6-16-7-11(9-1-2-9)5-12(14(16)18)15-8-19/h5,7,9-10,13,17H,1-4,6H2/t10-,13-/m0/s1. The number of thiocarbonyl (C=S) groups is 1. The van der Waals surface area contributed by atoms with E-state index in [4.69, 9.17) is 0 Å². The lowest BCUT2D eigenvalue weighted by molar-refractivity contribution is 0.0142. The molecule has 0 radical (unpaired) electrons. The monoisotopic (exact) mass is 276 g/mol.